The summed E-state index contributed by atoms with van der Waals surface area (Å²) in [6.07, 6.45) is 3.13. The molecule has 15 heavy (non-hydrogen) atoms. The molecule has 1 saturated heterocycles. The van der Waals surface area contributed by atoms with Gasteiger partial charge in [0.2, 0.25) is 5.91 Å². The molecule has 2 aliphatic heterocycles. The van der Waals surface area contributed by atoms with Gasteiger partial charge in [0.15, 0.2) is 0 Å². The van der Waals surface area contributed by atoms with Crippen LogP contribution < -0.4 is 0 Å². The first-order valence-corrected chi connectivity index (χ1v) is 5.39. The minimum absolute atomic E-state index is 0.238. The van der Waals surface area contributed by atoms with E-state index < -0.39 is 0 Å². The smallest absolute Gasteiger partial charge is 0.223 e. The summed E-state index contributed by atoms with van der Waals surface area (Å²) in [5.41, 5.74) is 0. The third-order valence-corrected chi connectivity index (χ3v) is 2.69. The average Bonchev–Trinajstić information content (AvgIpc) is 2.29. The topological polar surface area (TPSA) is 48.3 Å². The number of carbonyl (C=O) groups excluding carboxylic acids is 1. The number of aliphatic imine (C=N–C) groups is 2. The Balaban J connectivity index is 1.98. The van der Waals surface area contributed by atoms with Gasteiger partial charge in [0.25, 0.3) is 0 Å². The van der Waals surface area contributed by atoms with E-state index in [2.05, 4.69) is 14.9 Å². The van der Waals surface area contributed by atoms with Crippen molar-refractivity contribution >= 4 is 18.1 Å². The number of carbonyl (C=O) groups is 1. The summed E-state index contributed by atoms with van der Waals surface area (Å²) in [5.74, 6) is 1.21. The van der Waals surface area contributed by atoms with Gasteiger partial charge in [0, 0.05) is 19.5 Å². The third-order valence-electron chi connectivity index (χ3n) is 2.69. The number of piperazine rings is 1. The molecule has 2 aliphatic rings. The summed E-state index contributed by atoms with van der Waals surface area (Å²) >= 11 is 0. The number of hydrogen-bond acceptors (Lipinski definition) is 4. The zero-order chi connectivity index (χ0) is 10.7. The summed E-state index contributed by atoms with van der Waals surface area (Å²) < 4.78 is 0. The number of hydrogen-bond donors (Lipinski definition) is 0. The third kappa shape index (κ3) is 2.16. The lowest BCUT2D eigenvalue weighted by Crippen LogP contribution is -2.53. The van der Waals surface area contributed by atoms with Crippen molar-refractivity contribution in [3.8, 4) is 0 Å². The van der Waals surface area contributed by atoms with Gasteiger partial charge in [0.1, 0.15) is 18.8 Å². The van der Waals surface area contributed by atoms with Crippen LogP contribution in [0, 0.1) is 0 Å². The van der Waals surface area contributed by atoms with Gasteiger partial charge in [-0.15, -0.1) is 0 Å². The molecule has 5 nitrogen and oxygen atoms in total. The predicted octanol–water partition coefficient (Wildman–Crippen LogP) is 0.329. The number of amidine groups is 1. The Labute approximate surface area is 89.5 Å². The molecular weight excluding hydrogens is 192 g/mol. The highest BCUT2D eigenvalue weighted by Crippen LogP contribution is 2.09. The van der Waals surface area contributed by atoms with Crippen molar-refractivity contribution < 1.29 is 4.79 Å². The standard InChI is InChI=1S/C10H16N4O/c1-2-3-10(15)13-4-5-14-8-11-7-12-9(14)6-13/h7H,2-6,8H2,1H3. The molecule has 0 spiro atoms. The van der Waals surface area contributed by atoms with Crippen molar-refractivity contribution in [3.05, 3.63) is 0 Å². The van der Waals surface area contributed by atoms with Gasteiger partial charge < -0.3 is 9.80 Å². The Morgan fingerprint density at radius 1 is 1.53 bits per heavy atom. The molecule has 5 heteroatoms. The molecule has 0 aliphatic carbocycles. The van der Waals surface area contributed by atoms with E-state index in [4.69, 9.17) is 0 Å². The van der Waals surface area contributed by atoms with Crippen LogP contribution in [0.1, 0.15) is 19.8 Å². The lowest BCUT2D eigenvalue weighted by Gasteiger charge is -2.36. The van der Waals surface area contributed by atoms with E-state index in [1.54, 1.807) is 6.34 Å². The molecule has 0 aromatic rings. The Morgan fingerprint density at radius 3 is 3.20 bits per heavy atom. The molecule has 0 atom stereocenters. The van der Waals surface area contributed by atoms with E-state index in [0.717, 1.165) is 25.3 Å². The highest BCUT2D eigenvalue weighted by Gasteiger charge is 2.25. The first-order chi connectivity index (χ1) is 7.31. The molecule has 2 heterocycles. The Morgan fingerprint density at radius 2 is 2.40 bits per heavy atom. The number of amides is 1. The average molecular weight is 208 g/mol. The second kappa shape index (κ2) is 4.42. The second-order valence-electron chi connectivity index (χ2n) is 3.81. The van der Waals surface area contributed by atoms with E-state index in [1.807, 2.05) is 11.8 Å². The zero-order valence-electron chi connectivity index (χ0n) is 9.02. The lowest BCUT2D eigenvalue weighted by atomic mass is 10.2. The number of fused-ring (bicyclic) bond motifs is 1. The zero-order valence-corrected chi connectivity index (χ0v) is 9.02. The van der Waals surface area contributed by atoms with Crippen LogP contribution in [0.3, 0.4) is 0 Å². The van der Waals surface area contributed by atoms with E-state index in [1.165, 1.54) is 0 Å². The molecule has 0 N–H and O–H groups in total. The maximum Gasteiger partial charge on any atom is 0.223 e. The van der Waals surface area contributed by atoms with E-state index in [9.17, 15) is 4.79 Å². The van der Waals surface area contributed by atoms with Crippen LogP contribution in [0.2, 0.25) is 0 Å². The maximum absolute atomic E-state index is 11.7. The minimum Gasteiger partial charge on any atom is -0.337 e. The molecule has 0 saturated carbocycles. The van der Waals surface area contributed by atoms with Gasteiger partial charge in [-0.05, 0) is 6.42 Å². The molecule has 2 rings (SSSR count). The molecule has 1 amide bonds. The van der Waals surface area contributed by atoms with Crippen LogP contribution in [0.15, 0.2) is 9.98 Å². The van der Waals surface area contributed by atoms with Gasteiger partial charge in [-0.25, -0.2) is 4.99 Å². The van der Waals surface area contributed by atoms with Gasteiger partial charge in [0.05, 0.1) is 6.54 Å². The van der Waals surface area contributed by atoms with Gasteiger partial charge in [-0.3, -0.25) is 9.79 Å². The van der Waals surface area contributed by atoms with Crippen LogP contribution in [0.5, 0.6) is 0 Å². The van der Waals surface area contributed by atoms with Crippen molar-refractivity contribution in [1.82, 2.24) is 9.80 Å². The second-order valence-corrected chi connectivity index (χ2v) is 3.81. The van der Waals surface area contributed by atoms with Crippen LogP contribution in [0.25, 0.3) is 0 Å². The van der Waals surface area contributed by atoms with Crippen molar-refractivity contribution in [2.24, 2.45) is 9.98 Å². The van der Waals surface area contributed by atoms with Gasteiger partial charge in [-0.2, -0.15) is 0 Å². The molecular formula is C10H16N4O. The van der Waals surface area contributed by atoms with Crippen molar-refractivity contribution in [1.29, 1.82) is 0 Å². The van der Waals surface area contributed by atoms with Crippen LogP contribution in [-0.4, -0.2) is 54.2 Å². The fourth-order valence-electron chi connectivity index (χ4n) is 1.82. The molecule has 1 fully saturated rings. The van der Waals surface area contributed by atoms with Crippen LogP contribution in [-0.2, 0) is 4.79 Å². The summed E-state index contributed by atoms with van der Waals surface area (Å²) in [6.45, 7) is 5.01. The molecule has 82 valence electrons. The normalized spacial score (nSPS) is 19.9. The minimum atomic E-state index is 0.238. The highest BCUT2D eigenvalue weighted by molar-refractivity contribution is 5.94. The number of nitrogens with zero attached hydrogens (tertiary/aromatic N) is 4. The highest BCUT2D eigenvalue weighted by atomic mass is 16.2. The fraction of sp³-hybridized carbons (Fsp3) is 0.700. The monoisotopic (exact) mass is 208 g/mol. The first-order valence-electron chi connectivity index (χ1n) is 5.39. The molecule has 0 bridgehead atoms. The van der Waals surface area contributed by atoms with Crippen LogP contribution in [0.4, 0.5) is 0 Å². The summed E-state index contributed by atoms with van der Waals surface area (Å²) in [6, 6.07) is 0. The molecule has 0 aromatic carbocycles. The Kier molecular flexibility index (Phi) is 2.99. The number of rotatable bonds is 2. The SMILES string of the molecule is CCCC(=O)N1CCN2CN=CN=C2C1. The summed E-state index contributed by atoms with van der Waals surface area (Å²) in [7, 11) is 0. The van der Waals surface area contributed by atoms with E-state index in [0.29, 0.717) is 19.6 Å². The van der Waals surface area contributed by atoms with Crippen molar-refractivity contribution in [2.75, 3.05) is 26.3 Å². The predicted molar refractivity (Wildman–Crippen MR) is 59.0 cm³/mol. The molecule has 0 radical (unpaired) electrons. The van der Waals surface area contributed by atoms with Crippen molar-refractivity contribution in [3.63, 3.8) is 0 Å². The fourth-order valence-corrected chi connectivity index (χ4v) is 1.82. The summed E-state index contributed by atoms with van der Waals surface area (Å²) in [4.78, 5) is 24.0. The lowest BCUT2D eigenvalue weighted by molar-refractivity contribution is -0.131. The van der Waals surface area contributed by atoms with Gasteiger partial charge >= 0.3 is 0 Å². The largest absolute Gasteiger partial charge is 0.337 e. The van der Waals surface area contributed by atoms with Gasteiger partial charge in [-0.1, -0.05) is 6.92 Å². The molecule has 0 unspecified atom stereocenters. The first kappa shape index (κ1) is 10.1. The van der Waals surface area contributed by atoms with Crippen LogP contribution >= 0.6 is 0 Å². The summed E-state index contributed by atoms with van der Waals surface area (Å²) in [5, 5.41) is 0. The van der Waals surface area contributed by atoms with E-state index in [-0.39, 0.29) is 5.91 Å². The van der Waals surface area contributed by atoms with E-state index >= 15 is 0 Å². The van der Waals surface area contributed by atoms with Crippen molar-refractivity contribution in [2.45, 2.75) is 19.8 Å². The maximum atomic E-state index is 11.7. The quantitative estimate of drug-likeness (QED) is 0.656. The molecule has 0 aromatic heterocycles. The Hall–Kier alpha value is -1.39. The Bertz CT molecular complexity index is 311.